The normalized spacial score (nSPS) is 11.6. The summed E-state index contributed by atoms with van der Waals surface area (Å²) in [7, 11) is 1.63. The fraction of sp³-hybridized carbons (Fsp3) is 0.667. The number of carbonyl (C=O) groups is 1. The lowest BCUT2D eigenvalue weighted by atomic mass is 10.2. The zero-order chi connectivity index (χ0) is 13.6. The molecule has 1 rings (SSSR count). The van der Waals surface area contributed by atoms with Crippen LogP contribution in [0.2, 0.25) is 0 Å². The maximum atomic E-state index is 11.6. The maximum Gasteiger partial charge on any atom is 0.250 e. The van der Waals surface area contributed by atoms with Crippen molar-refractivity contribution in [2.75, 3.05) is 25.6 Å². The molecule has 0 atom stereocenters. The van der Waals surface area contributed by atoms with Crippen LogP contribution in [0.4, 0.5) is 5.69 Å². The fourth-order valence-corrected chi connectivity index (χ4v) is 1.21. The van der Waals surface area contributed by atoms with E-state index >= 15 is 0 Å². The van der Waals surface area contributed by atoms with Gasteiger partial charge in [-0.3, -0.25) is 9.48 Å². The van der Waals surface area contributed by atoms with Crippen molar-refractivity contribution in [3.05, 3.63) is 12.4 Å². The van der Waals surface area contributed by atoms with E-state index in [4.69, 9.17) is 9.47 Å². The number of nitrogens with one attached hydrogen (secondary N) is 1. The molecule has 102 valence electrons. The molecule has 0 saturated heterocycles. The van der Waals surface area contributed by atoms with Crippen molar-refractivity contribution in [1.82, 2.24) is 9.78 Å². The van der Waals surface area contributed by atoms with E-state index in [-0.39, 0.29) is 18.1 Å². The Balaban J connectivity index is 2.37. The number of hydrogen-bond acceptors (Lipinski definition) is 4. The van der Waals surface area contributed by atoms with E-state index in [1.807, 2.05) is 20.8 Å². The molecule has 0 unspecified atom stereocenters. The summed E-state index contributed by atoms with van der Waals surface area (Å²) < 4.78 is 12.0. The number of hydrogen-bond donors (Lipinski definition) is 1. The molecule has 1 aromatic rings. The van der Waals surface area contributed by atoms with Gasteiger partial charge in [0.05, 0.1) is 30.6 Å². The average molecular weight is 255 g/mol. The van der Waals surface area contributed by atoms with Gasteiger partial charge < -0.3 is 14.8 Å². The van der Waals surface area contributed by atoms with E-state index in [0.29, 0.717) is 18.8 Å². The first-order valence-electron chi connectivity index (χ1n) is 5.86. The zero-order valence-electron chi connectivity index (χ0n) is 11.4. The summed E-state index contributed by atoms with van der Waals surface area (Å²) in [5, 5.41) is 6.82. The van der Waals surface area contributed by atoms with E-state index in [9.17, 15) is 4.79 Å². The lowest BCUT2D eigenvalue weighted by molar-refractivity contribution is -0.125. The van der Waals surface area contributed by atoms with Gasteiger partial charge in [0.15, 0.2) is 0 Å². The second-order valence-electron chi connectivity index (χ2n) is 4.93. The third-order valence-electron chi connectivity index (χ3n) is 2.08. The number of rotatable bonds is 6. The van der Waals surface area contributed by atoms with Gasteiger partial charge in [0.25, 0.3) is 0 Å². The van der Waals surface area contributed by atoms with Gasteiger partial charge in [0.2, 0.25) is 5.91 Å². The lowest BCUT2D eigenvalue weighted by Crippen LogP contribution is -2.27. The standard InChI is InChI=1S/C12H21N3O3/c1-12(2,3)18-9-11(16)14-10-7-13-15(8-10)5-6-17-4/h7-8H,5-6,9H2,1-4H3,(H,14,16). The van der Waals surface area contributed by atoms with Gasteiger partial charge in [-0.15, -0.1) is 0 Å². The highest BCUT2D eigenvalue weighted by atomic mass is 16.5. The summed E-state index contributed by atoms with van der Waals surface area (Å²) in [6.07, 6.45) is 3.36. The van der Waals surface area contributed by atoms with Crippen molar-refractivity contribution in [2.45, 2.75) is 32.9 Å². The minimum Gasteiger partial charge on any atom is -0.383 e. The van der Waals surface area contributed by atoms with Crippen LogP contribution >= 0.6 is 0 Å². The van der Waals surface area contributed by atoms with Crippen molar-refractivity contribution in [1.29, 1.82) is 0 Å². The Labute approximate surface area is 107 Å². The molecule has 0 fully saturated rings. The number of amides is 1. The summed E-state index contributed by atoms with van der Waals surface area (Å²) in [6.45, 7) is 7.00. The van der Waals surface area contributed by atoms with Crippen molar-refractivity contribution in [2.24, 2.45) is 0 Å². The Kier molecular flexibility index (Phi) is 5.30. The number of aromatic nitrogens is 2. The van der Waals surface area contributed by atoms with Gasteiger partial charge in [0.1, 0.15) is 6.61 Å². The Morgan fingerprint density at radius 2 is 2.22 bits per heavy atom. The van der Waals surface area contributed by atoms with Gasteiger partial charge in [-0.2, -0.15) is 5.10 Å². The zero-order valence-corrected chi connectivity index (χ0v) is 11.4. The van der Waals surface area contributed by atoms with Gasteiger partial charge in [-0.25, -0.2) is 0 Å². The summed E-state index contributed by atoms with van der Waals surface area (Å²) >= 11 is 0. The molecule has 1 amide bonds. The summed E-state index contributed by atoms with van der Waals surface area (Å²) in [4.78, 5) is 11.6. The number of anilines is 1. The molecular formula is C12H21N3O3. The minimum absolute atomic E-state index is 0.0345. The van der Waals surface area contributed by atoms with Crippen LogP contribution in [0.25, 0.3) is 0 Å². The molecule has 18 heavy (non-hydrogen) atoms. The Morgan fingerprint density at radius 3 is 2.83 bits per heavy atom. The monoisotopic (exact) mass is 255 g/mol. The molecule has 0 aliphatic heterocycles. The van der Waals surface area contributed by atoms with Crippen molar-refractivity contribution < 1.29 is 14.3 Å². The quantitative estimate of drug-likeness (QED) is 0.831. The molecule has 6 heteroatoms. The minimum atomic E-state index is -0.319. The molecule has 0 aliphatic carbocycles. The molecule has 0 bridgehead atoms. The SMILES string of the molecule is COCCn1cc(NC(=O)COC(C)(C)C)cn1. The number of nitrogens with zero attached hydrogens (tertiary/aromatic N) is 2. The predicted molar refractivity (Wildman–Crippen MR) is 68.4 cm³/mol. The van der Waals surface area contributed by atoms with Crippen molar-refractivity contribution in [3.8, 4) is 0 Å². The van der Waals surface area contributed by atoms with E-state index in [0.717, 1.165) is 0 Å². The highest BCUT2D eigenvalue weighted by molar-refractivity contribution is 5.91. The highest BCUT2D eigenvalue weighted by Gasteiger charge is 2.13. The summed E-state index contributed by atoms with van der Waals surface area (Å²) in [5.41, 5.74) is 0.341. The van der Waals surface area contributed by atoms with Crippen LogP contribution in [0.15, 0.2) is 12.4 Å². The molecule has 0 spiro atoms. The van der Waals surface area contributed by atoms with Crippen LogP contribution in [0.5, 0.6) is 0 Å². The molecule has 1 heterocycles. The first-order valence-corrected chi connectivity index (χ1v) is 5.86. The van der Waals surface area contributed by atoms with Crippen LogP contribution in [-0.4, -0.2) is 41.6 Å². The molecule has 0 radical (unpaired) electrons. The maximum absolute atomic E-state index is 11.6. The van der Waals surface area contributed by atoms with Crippen LogP contribution in [0, 0.1) is 0 Å². The predicted octanol–water partition coefficient (Wildman–Crippen LogP) is 1.28. The van der Waals surface area contributed by atoms with E-state index in [2.05, 4.69) is 10.4 Å². The Morgan fingerprint density at radius 1 is 1.50 bits per heavy atom. The van der Waals surface area contributed by atoms with Crippen LogP contribution in [0.3, 0.4) is 0 Å². The van der Waals surface area contributed by atoms with Crippen LogP contribution in [0.1, 0.15) is 20.8 Å². The second-order valence-corrected chi connectivity index (χ2v) is 4.93. The molecule has 1 aromatic heterocycles. The number of carbonyl (C=O) groups excluding carboxylic acids is 1. The third-order valence-corrected chi connectivity index (χ3v) is 2.08. The molecule has 1 N–H and O–H groups in total. The molecule has 0 aliphatic rings. The van der Waals surface area contributed by atoms with Crippen molar-refractivity contribution >= 4 is 11.6 Å². The average Bonchev–Trinajstić information content (AvgIpc) is 2.70. The van der Waals surface area contributed by atoms with Crippen LogP contribution < -0.4 is 5.32 Å². The van der Waals surface area contributed by atoms with Gasteiger partial charge in [0, 0.05) is 13.3 Å². The first kappa shape index (κ1) is 14.7. The largest absolute Gasteiger partial charge is 0.383 e. The van der Waals surface area contributed by atoms with Gasteiger partial charge >= 0.3 is 0 Å². The Bertz CT molecular complexity index is 382. The summed E-state index contributed by atoms with van der Waals surface area (Å²) in [5.74, 6) is -0.184. The smallest absolute Gasteiger partial charge is 0.250 e. The van der Waals surface area contributed by atoms with Gasteiger partial charge in [-0.1, -0.05) is 0 Å². The van der Waals surface area contributed by atoms with E-state index in [1.165, 1.54) is 0 Å². The highest BCUT2D eigenvalue weighted by Crippen LogP contribution is 2.08. The molecule has 0 saturated carbocycles. The number of ether oxygens (including phenoxy) is 2. The summed E-state index contributed by atoms with van der Waals surface area (Å²) in [6, 6.07) is 0. The molecular weight excluding hydrogens is 234 g/mol. The van der Waals surface area contributed by atoms with E-state index in [1.54, 1.807) is 24.2 Å². The topological polar surface area (TPSA) is 65.4 Å². The lowest BCUT2D eigenvalue weighted by Gasteiger charge is -2.18. The van der Waals surface area contributed by atoms with E-state index < -0.39 is 0 Å². The van der Waals surface area contributed by atoms with Crippen LogP contribution in [-0.2, 0) is 20.8 Å². The Hall–Kier alpha value is -1.40. The second kappa shape index (κ2) is 6.51. The molecule has 0 aromatic carbocycles. The number of methoxy groups -OCH3 is 1. The first-order chi connectivity index (χ1) is 8.40. The molecule has 6 nitrogen and oxygen atoms in total. The van der Waals surface area contributed by atoms with Gasteiger partial charge in [-0.05, 0) is 20.8 Å². The fourth-order valence-electron chi connectivity index (χ4n) is 1.21. The van der Waals surface area contributed by atoms with Crippen molar-refractivity contribution in [3.63, 3.8) is 0 Å². The third kappa shape index (κ3) is 5.79.